The molecule has 10 heteroatoms. The van der Waals surface area contributed by atoms with Gasteiger partial charge in [0.2, 0.25) is 0 Å². The molecule has 2 aliphatic heterocycles. The lowest BCUT2D eigenvalue weighted by molar-refractivity contribution is -0.202. The highest BCUT2D eigenvalue weighted by Crippen LogP contribution is 2.29. The Morgan fingerprint density at radius 1 is 0.940 bits per heavy atom. The first-order chi connectivity index (χ1) is 23.8. The van der Waals surface area contributed by atoms with Gasteiger partial charge in [0.15, 0.2) is 0 Å². The number of aldehydes is 1. The highest BCUT2D eigenvalue weighted by Gasteiger charge is 2.45. The zero-order valence-electron chi connectivity index (χ0n) is 31.7. The van der Waals surface area contributed by atoms with Crippen LogP contribution in [0.4, 0.5) is 0 Å². The third kappa shape index (κ3) is 14.0. The van der Waals surface area contributed by atoms with Crippen LogP contribution in [0.5, 0.6) is 0 Å². The van der Waals surface area contributed by atoms with Gasteiger partial charge in [-0.1, -0.05) is 88.4 Å². The van der Waals surface area contributed by atoms with Crippen LogP contribution in [0, 0.1) is 24.2 Å². The van der Waals surface area contributed by atoms with E-state index in [1.807, 2.05) is 52.0 Å². The number of nitrogens with zero attached hydrogens (tertiary/aromatic N) is 2. The third-order valence-corrected chi connectivity index (χ3v) is 8.75. The summed E-state index contributed by atoms with van der Waals surface area (Å²) >= 11 is 0. The van der Waals surface area contributed by atoms with Crippen LogP contribution >= 0.6 is 0 Å². The Hall–Kier alpha value is -2.92. The van der Waals surface area contributed by atoms with Crippen molar-refractivity contribution in [3.05, 3.63) is 70.8 Å². The van der Waals surface area contributed by atoms with Crippen LogP contribution in [0.1, 0.15) is 102 Å². The quantitative estimate of drug-likeness (QED) is 0.110. The summed E-state index contributed by atoms with van der Waals surface area (Å²) < 4.78 is 16.6. The highest BCUT2D eigenvalue weighted by molar-refractivity contribution is 6.46. The average Bonchev–Trinajstić information content (AvgIpc) is 3.58. The summed E-state index contributed by atoms with van der Waals surface area (Å²) in [4.78, 5) is 12.2. The van der Waals surface area contributed by atoms with Crippen LogP contribution in [-0.2, 0) is 31.9 Å². The number of benzene rings is 2. The number of hydrogen-bond acceptors (Lipinski definition) is 8. The fraction of sp³-hybridized carbons (Fsp3) is 0.575. The Kier molecular flexibility index (Phi) is 19.1. The number of aliphatic hydroxyl groups excluding tert-OH is 1. The number of unbranched alkanes of at least 4 members (excludes halogenated alkanes) is 4. The minimum Gasteiger partial charge on any atom is -0.437 e. The van der Waals surface area contributed by atoms with Gasteiger partial charge in [0.05, 0.1) is 25.3 Å². The second-order valence-corrected chi connectivity index (χ2v) is 13.7. The first-order valence-corrected chi connectivity index (χ1v) is 18.1. The molecule has 0 aliphatic carbocycles. The smallest absolute Gasteiger partial charge is 0.379 e. The molecule has 8 nitrogen and oxygen atoms in total. The van der Waals surface area contributed by atoms with Crippen molar-refractivity contribution in [1.29, 1.82) is 0 Å². The average molecular weight is 686 g/mol. The van der Waals surface area contributed by atoms with E-state index in [1.54, 1.807) is 31.0 Å². The van der Waals surface area contributed by atoms with Gasteiger partial charge >= 0.3 is 14.5 Å². The molecule has 2 aromatic rings. The third-order valence-electron chi connectivity index (χ3n) is 8.75. The number of terminal acetylenes is 1. The summed E-state index contributed by atoms with van der Waals surface area (Å²) in [5, 5.41) is 21.5. The zero-order valence-corrected chi connectivity index (χ0v) is 31.7. The predicted molar refractivity (Wildman–Crippen MR) is 204 cm³/mol. The number of aliphatic hydroxyl groups is 1. The van der Waals surface area contributed by atoms with Gasteiger partial charge in [0.25, 0.3) is 0 Å². The Morgan fingerprint density at radius 2 is 1.46 bits per heavy atom. The summed E-state index contributed by atoms with van der Waals surface area (Å²) in [5.74, 6) is 8.61. The lowest BCUT2D eigenvalue weighted by Crippen LogP contribution is -2.52. The Morgan fingerprint density at radius 3 is 1.90 bits per heavy atom. The van der Waals surface area contributed by atoms with Crippen LogP contribution in [-0.4, -0.2) is 83.7 Å². The predicted octanol–water partition coefficient (Wildman–Crippen LogP) is 6.30. The van der Waals surface area contributed by atoms with Crippen molar-refractivity contribution in [2.75, 3.05) is 13.2 Å². The van der Waals surface area contributed by atoms with Crippen molar-refractivity contribution in [1.82, 2.24) is 9.87 Å². The van der Waals surface area contributed by atoms with Gasteiger partial charge in [0.1, 0.15) is 23.8 Å². The molecule has 0 bridgehead atoms. The maximum atomic E-state index is 10.6. The number of carbonyl (C=O) groups is 1. The Bertz CT molecular complexity index is 1370. The number of hydrogen-bond donors (Lipinski definition) is 2. The van der Waals surface area contributed by atoms with Gasteiger partial charge in [-0.25, -0.2) is 0 Å². The van der Waals surface area contributed by atoms with Gasteiger partial charge in [-0.3, -0.25) is 4.81 Å². The first kappa shape index (κ1) is 43.2. The lowest BCUT2D eigenvalue weighted by atomic mass is 9.81. The van der Waals surface area contributed by atoms with Gasteiger partial charge in [-0.2, -0.15) is 5.06 Å². The van der Waals surface area contributed by atoms with E-state index in [2.05, 4.69) is 55.9 Å². The van der Waals surface area contributed by atoms with Crippen molar-refractivity contribution >= 4 is 20.8 Å². The molecule has 2 fully saturated rings. The van der Waals surface area contributed by atoms with Crippen molar-refractivity contribution in [3.63, 3.8) is 0 Å². The van der Waals surface area contributed by atoms with E-state index in [1.165, 1.54) is 56.1 Å². The summed E-state index contributed by atoms with van der Waals surface area (Å²) in [7, 11) is 0.929. The van der Waals surface area contributed by atoms with E-state index < -0.39 is 24.6 Å². The lowest BCUT2D eigenvalue weighted by Gasteiger charge is -2.33. The van der Waals surface area contributed by atoms with Gasteiger partial charge in [-0.05, 0) is 95.6 Å². The molecular formula is C40H59B2N2O6. The second kappa shape index (κ2) is 22.1. The molecule has 0 aromatic heterocycles. The Labute approximate surface area is 303 Å². The van der Waals surface area contributed by atoms with E-state index in [0.29, 0.717) is 13.2 Å². The molecular weight excluding hydrogens is 626 g/mol. The Balaban J connectivity index is 0.000000290. The molecule has 2 saturated heterocycles. The molecule has 0 amide bonds. The van der Waals surface area contributed by atoms with Crippen molar-refractivity contribution in [2.45, 2.75) is 136 Å². The molecule has 50 heavy (non-hydrogen) atoms. The van der Waals surface area contributed by atoms with E-state index in [4.69, 9.17) is 20.7 Å². The van der Waals surface area contributed by atoms with E-state index in [-0.39, 0.29) is 12.1 Å². The van der Waals surface area contributed by atoms with Crippen LogP contribution in [0.3, 0.4) is 0 Å². The van der Waals surface area contributed by atoms with Crippen molar-refractivity contribution in [2.24, 2.45) is 0 Å². The molecule has 271 valence electrons. The van der Waals surface area contributed by atoms with Gasteiger partial charge in [-0.15, -0.1) is 6.42 Å². The molecule has 1 unspecified atom stereocenters. The zero-order chi connectivity index (χ0) is 37.2. The number of aryl methyl sites for hydroxylation is 2. The minimum absolute atomic E-state index is 0.313. The molecule has 4 rings (SSSR count). The fourth-order valence-corrected chi connectivity index (χ4v) is 5.97. The number of rotatable bonds is 13. The molecule has 2 aliphatic rings. The van der Waals surface area contributed by atoms with Crippen LogP contribution in [0.2, 0.25) is 13.6 Å². The SMILES string of the molecule is C#Cc1ccc(CCCCC)cc1.CB(O)N1C(C=O)COC1(C)C.C[B]ON1[C@@H]([C@@H](O)C#Cc2ccc(CCCCC)cc2)COC1(C)C. The molecule has 2 aromatic carbocycles. The molecule has 1 radical (unpaired) electrons. The standard InChI is InChI=1S/C20H29BNO3.C13H16.C7H14BNO3/c1-5-6-7-8-16-9-11-17(12-10-16)13-14-19(23)18-15-24-20(2,3)22(18)25-21-4;1-3-5-6-7-13-10-8-12(4-2)9-11-13;1-7(2)9(8(3)11)6(4-10)5-12-7/h9-12,18-19,23H,5-8,15H2,1-4H3;2,8-11H,3,5-7H2,1H3;4,6,11H,5H2,1-3H3/t18-,19+;;/m1../s1. The summed E-state index contributed by atoms with van der Waals surface area (Å²) in [6, 6.07) is 15.9. The fourth-order valence-electron chi connectivity index (χ4n) is 5.97. The largest absolute Gasteiger partial charge is 0.437 e. The molecule has 2 N–H and O–H groups in total. The normalized spacial score (nSPS) is 19.8. The first-order valence-electron chi connectivity index (χ1n) is 18.1. The summed E-state index contributed by atoms with van der Waals surface area (Å²) in [6.07, 6.45) is 15.1. The minimum atomic E-state index is -0.842. The van der Waals surface area contributed by atoms with Gasteiger partial charge < -0.3 is 29.2 Å². The molecule has 0 spiro atoms. The topological polar surface area (TPSA) is 91.7 Å². The van der Waals surface area contributed by atoms with E-state index in [0.717, 1.165) is 23.8 Å². The highest BCUT2D eigenvalue weighted by atomic mass is 16.7. The van der Waals surface area contributed by atoms with Crippen LogP contribution < -0.4 is 0 Å². The number of ether oxygens (including phenoxy) is 2. The maximum Gasteiger partial charge on any atom is 0.379 e. The van der Waals surface area contributed by atoms with Gasteiger partial charge in [0, 0.05) is 11.1 Å². The second-order valence-electron chi connectivity index (χ2n) is 13.7. The van der Waals surface area contributed by atoms with Crippen LogP contribution in [0.15, 0.2) is 48.5 Å². The van der Waals surface area contributed by atoms with E-state index in [9.17, 15) is 14.9 Å². The molecule has 2 heterocycles. The van der Waals surface area contributed by atoms with Crippen molar-refractivity contribution in [3.8, 4) is 24.2 Å². The maximum absolute atomic E-state index is 10.6. The van der Waals surface area contributed by atoms with Crippen LogP contribution in [0.25, 0.3) is 0 Å². The van der Waals surface area contributed by atoms with Crippen molar-refractivity contribution < 1.29 is 29.2 Å². The summed E-state index contributed by atoms with van der Waals surface area (Å²) in [5.41, 5.74) is 3.49. The summed E-state index contributed by atoms with van der Waals surface area (Å²) in [6.45, 7) is 16.1. The van der Waals surface area contributed by atoms with E-state index >= 15 is 0 Å². The number of hydroxylamine groups is 2. The molecule has 3 atom stereocenters. The number of carbonyl (C=O) groups excluding carboxylic acids is 1. The monoisotopic (exact) mass is 685 g/mol. The molecule has 0 saturated carbocycles.